The van der Waals surface area contributed by atoms with Crippen molar-refractivity contribution in [3.05, 3.63) is 0 Å². The van der Waals surface area contributed by atoms with Crippen LogP contribution in [0.15, 0.2) is 0 Å². The molecule has 0 aromatic rings. The van der Waals surface area contributed by atoms with Crippen molar-refractivity contribution in [2.24, 2.45) is 11.3 Å². The summed E-state index contributed by atoms with van der Waals surface area (Å²) in [5, 5.41) is 12.7. The van der Waals surface area contributed by atoms with E-state index in [1.807, 2.05) is 0 Å². The summed E-state index contributed by atoms with van der Waals surface area (Å²) in [5.41, 5.74) is 0.141. The Balaban J connectivity index is 2.28. The minimum Gasteiger partial charge on any atom is -0.393 e. The van der Waals surface area contributed by atoms with E-state index in [0.29, 0.717) is 5.92 Å². The second-order valence-corrected chi connectivity index (χ2v) is 4.08. The highest BCUT2D eigenvalue weighted by Crippen LogP contribution is 2.45. The Morgan fingerprint density at radius 3 is 2.55 bits per heavy atom. The van der Waals surface area contributed by atoms with Crippen molar-refractivity contribution in [3.63, 3.8) is 0 Å². The van der Waals surface area contributed by atoms with Crippen molar-refractivity contribution < 1.29 is 5.11 Å². The molecule has 1 saturated carbocycles. The fourth-order valence-corrected chi connectivity index (χ4v) is 1.65. The van der Waals surface area contributed by atoms with Gasteiger partial charge < -0.3 is 10.4 Å². The van der Waals surface area contributed by atoms with Gasteiger partial charge in [-0.25, -0.2) is 0 Å². The molecule has 1 rings (SSSR count). The molecule has 0 aromatic carbocycles. The van der Waals surface area contributed by atoms with Gasteiger partial charge in [-0.05, 0) is 30.8 Å². The van der Waals surface area contributed by atoms with Gasteiger partial charge in [0.1, 0.15) is 0 Å². The third kappa shape index (κ3) is 1.57. The van der Waals surface area contributed by atoms with Gasteiger partial charge in [0.25, 0.3) is 0 Å². The van der Waals surface area contributed by atoms with E-state index in [9.17, 15) is 5.11 Å². The van der Waals surface area contributed by atoms with Crippen molar-refractivity contribution in [1.82, 2.24) is 5.32 Å². The summed E-state index contributed by atoms with van der Waals surface area (Å²) in [4.78, 5) is 0. The zero-order valence-corrected chi connectivity index (χ0v) is 7.72. The van der Waals surface area contributed by atoms with Crippen LogP contribution in [0.4, 0.5) is 0 Å². The SMILES string of the molecule is CCNCC1CC(O)C1(C)C. The third-order valence-corrected chi connectivity index (χ3v) is 3.06. The van der Waals surface area contributed by atoms with Crippen LogP contribution in [-0.2, 0) is 0 Å². The van der Waals surface area contributed by atoms with E-state index >= 15 is 0 Å². The Kier molecular flexibility index (Phi) is 2.55. The topological polar surface area (TPSA) is 32.3 Å². The number of aliphatic hydroxyl groups excluding tert-OH is 1. The molecule has 2 atom stereocenters. The first-order valence-electron chi connectivity index (χ1n) is 4.47. The van der Waals surface area contributed by atoms with Gasteiger partial charge in [0.15, 0.2) is 0 Å². The molecule has 2 unspecified atom stereocenters. The van der Waals surface area contributed by atoms with Gasteiger partial charge >= 0.3 is 0 Å². The van der Waals surface area contributed by atoms with Gasteiger partial charge in [-0.3, -0.25) is 0 Å². The molecule has 0 bridgehead atoms. The molecule has 1 aliphatic rings. The van der Waals surface area contributed by atoms with E-state index in [4.69, 9.17) is 0 Å². The smallest absolute Gasteiger partial charge is 0.0597 e. The summed E-state index contributed by atoms with van der Waals surface area (Å²) in [5.74, 6) is 0.664. The van der Waals surface area contributed by atoms with Crippen molar-refractivity contribution in [3.8, 4) is 0 Å². The van der Waals surface area contributed by atoms with Crippen LogP contribution in [0.5, 0.6) is 0 Å². The van der Waals surface area contributed by atoms with Crippen molar-refractivity contribution >= 4 is 0 Å². The molecule has 0 aromatic heterocycles. The first-order valence-corrected chi connectivity index (χ1v) is 4.47. The summed E-state index contributed by atoms with van der Waals surface area (Å²) in [6, 6.07) is 0. The molecule has 0 saturated heterocycles. The van der Waals surface area contributed by atoms with Crippen LogP contribution in [0.2, 0.25) is 0 Å². The molecule has 0 spiro atoms. The van der Waals surface area contributed by atoms with Crippen molar-refractivity contribution in [2.75, 3.05) is 13.1 Å². The lowest BCUT2D eigenvalue weighted by molar-refractivity contribution is -0.0963. The highest BCUT2D eigenvalue weighted by molar-refractivity contribution is 4.97. The highest BCUT2D eigenvalue weighted by atomic mass is 16.3. The maximum Gasteiger partial charge on any atom is 0.0597 e. The lowest BCUT2D eigenvalue weighted by Crippen LogP contribution is -2.52. The number of aliphatic hydroxyl groups is 1. The van der Waals surface area contributed by atoms with E-state index in [2.05, 4.69) is 26.1 Å². The number of hydrogen-bond donors (Lipinski definition) is 2. The first-order chi connectivity index (χ1) is 5.09. The van der Waals surface area contributed by atoms with E-state index < -0.39 is 0 Å². The second kappa shape index (κ2) is 3.11. The van der Waals surface area contributed by atoms with E-state index in [-0.39, 0.29) is 11.5 Å². The zero-order chi connectivity index (χ0) is 8.48. The molecule has 2 N–H and O–H groups in total. The van der Waals surface area contributed by atoms with Gasteiger partial charge in [0, 0.05) is 0 Å². The van der Waals surface area contributed by atoms with Crippen LogP contribution < -0.4 is 5.32 Å². The monoisotopic (exact) mass is 157 g/mol. The molecule has 0 heterocycles. The van der Waals surface area contributed by atoms with E-state index in [1.165, 1.54) is 0 Å². The van der Waals surface area contributed by atoms with Crippen LogP contribution in [0, 0.1) is 11.3 Å². The molecular formula is C9H19NO. The number of hydrogen-bond acceptors (Lipinski definition) is 2. The molecule has 2 nitrogen and oxygen atoms in total. The molecule has 11 heavy (non-hydrogen) atoms. The van der Waals surface area contributed by atoms with Gasteiger partial charge in [0.05, 0.1) is 6.10 Å². The average molecular weight is 157 g/mol. The normalized spacial score (nSPS) is 34.9. The highest BCUT2D eigenvalue weighted by Gasteiger charge is 2.46. The summed E-state index contributed by atoms with van der Waals surface area (Å²) < 4.78 is 0. The zero-order valence-electron chi connectivity index (χ0n) is 7.72. The molecule has 2 heteroatoms. The average Bonchev–Trinajstić information content (AvgIpc) is 1.97. The predicted molar refractivity (Wildman–Crippen MR) is 46.4 cm³/mol. The first kappa shape index (κ1) is 9.01. The third-order valence-electron chi connectivity index (χ3n) is 3.06. The lowest BCUT2D eigenvalue weighted by Gasteiger charge is -2.49. The molecule has 1 fully saturated rings. The van der Waals surface area contributed by atoms with E-state index in [0.717, 1.165) is 19.5 Å². The molecule has 0 radical (unpaired) electrons. The molecule has 0 amide bonds. The van der Waals surface area contributed by atoms with Crippen LogP contribution in [0.1, 0.15) is 27.2 Å². The molecular weight excluding hydrogens is 138 g/mol. The maximum atomic E-state index is 9.42. The van der Waals surface area contributed by atoms with Crippen LogP contribution in [-0.4, -0.2) is 24.3 Å². The molecule has 1 aliphatic carbocycles. The molecule has 0 aliphatic heterocycles. The van der Waals surface area contributed by atoms with Gasteiger partial charge in [-0.2, -0.15) is 0 Å². The van der Waals surface area contributed by atoms with E-state index in [1.54, 1.807) is 0 Å². The fraction of sp³-hybridized carbons (Fsp3) is 1.00. The fourth-order valence-electron chi connectivity index (χ4n) is 1.65. The summed E-state index contributed by atoms with van der Waals surface area (Å²) >= 11 is 0. The number of nitrogens with one attached hydrogen (secondary N) is 1. The standard InChI is InChI=1S/C9H19NO/c1-4-10-6-7-5-8(11)9(7,2)3/h7-8,10-11H,4-6H2,1-3H3. The summed E-state index contributed by atoms with van der Waals surface area (Å²) in [6.07, 6.45) is 0.895. The minimum atomic E-state index is -0.0776. The van der Waals surface area contributed by atoms with Crippen LogP contribution >= 0.6 is 0 Å². The Hall–Kier alpha value is -0.0800. The van der Waals surface area contributed by atoms with Gasteiger partial charge in [0.2, 0.25) is 0 Å². The number of rotatable bonds is 3. The largest absolute Gasteiger partial charge is 0.393 e. The Morgan fingerprint density at radius 1 is 1.55 bits per heavy atom. The predicted octanol–water partition coefficient (Wildman–Crippen LogP) is 1.00. The van der Waals surface area contributed by atoms with Gasteiger partial charge in [-0.15, -0.1) is 0 Å². The second-order valence-electron chi connectivity index (χ2n) is 4.08. The lowest BCUT2D eigenvalue weighted by atomic mass is 9.60. The quantitative estimate of drug-likeness (QED) is 0.640. The Morgan fingerprint density at radius 2 is 2.18 bits per heavy atom. The Labute approximate surface area is 69.0 Å². The van der Waals surface area contributed by atoms with Crippen LogP contribution in [0.3, 0.4) is 0 Å². The van der Waals surface area contributed by atoms with Crippen LogP contribution in [0.25, 0.3) is 0 Å². The summed E-state index contributed by atoms with van der Waals surface area (Å²) in [6.45, 7) is 8.48. The molecule has 66 valence electrons. The maximum absolute atomic E-state index is 9.42. The van der Waals surface area contributed by atoms with Gasteiger partial charge in [-0.1, -0.05) is 20.8 Å². The van der Waals surface area contributed by atoms with Crippen molar-refractivity contribution in [1.29, 1.82) is 0 Å². The minimum absolute atomic E-state index is 0.0776. The summed E-state index contributed by atoms with van der Waals surface area (Å²) in [7, 11) is 0. The Bertz CT molecular complexity index is 134. The van der Waals surface area contributed by atoms with Crippen molar-refractivity contribution in [2.45, 2.75) is 33.3 Å².